The van der Waals surface area contributed by atoms with Crippen molar-refractivity contribution >= 4 is 17.5 Å². The van der Waals surface area contributed by atoms with Crippen molar-refractivity contribution in [2.45, 2.75) is 34.6 Å². The van der Waals surface area contributed by atoms with Gasteiger partial charge in [0, 0.05) is 6.07 Å². The van der Waals surface area contributed by atoms with Gasteiger partial charge in [-0.2, -0.15) is 10.2 Å². The topological polar surface area (TPSA) is 99.8 Å². The van der Waals surface area contributed by atoms with Crippen LogP contribution in [-0.2, 0) is 4.74 Å². The fourth-order valence-electron chi connectivity index (χ4n) is 3.68. The molecule has 0 unspecified atom stereocenters. The molecule has 0 saturated heterocycles. The van der Waals surface area contributed by atoms with Gasteiger partial charge in [-0.05, 0) is 58.9 Å². The van der Waals surface area contributed by atoms with E-state index in [1.54, 1.807) is 48.3 Å². The van der Waals surface area contributed by atoms with Crippen LogP contribution >= 0.6 is 0 Å². The summed E-state index contributed by atoms with van der Waals surface area (Å²) < 4.78 is 21.8. The monoisotopic (exact) mass is 449 g/mol. The van der Waals surface area contributed by atoms with E-state index in [1.165, 1.54) is 18.5 Å². The van der Waals surface area contributed by atoms with Crippen molar-refractivity contribution in [2.24, 2.45) is 0 Å². The molecule has 4 aromatic rings. The molecule has 0 aliphatic rings. The molecule has 0 spiro atoms. The number of carbonyl (C=O) groups excluding carboxylic acids is 1. The highest BCUT2D eigenvalue weighted by molar-refractivity contribution is 5.92. The predicted octanol–water partition coefficient (Wildman–Crippen LogP) is 4.14. The average Bonchev–Trinajstić information content (AvgIpc) is 3.24. The molecule has 3 aromatic heterocycles. The highest BCUT2D eigenvalue weighted by atomic mass is 19.1. The zero-order valence-corrected chi connectivity index (χ0v) is 19.0. The minimum absolute atomic E-state index is 0.286. The lowest BCUT2D eigenvalue weighted by atomic mass is 10.2. The Kier molecular flexibility index (Phi) is 5.91. The Labute approximate surface area is 190 Å². The largest absolute Gasteiger partial charge is 0.462 e. The maximum atomic E-state index is 13.3. The van der Waals surface area contributed by atoms with Crippen LogP contribution in [0.25, 0.3) is 11.5 Å². The number of halogens is 1. The van der Waals surface area contributed by atoms with Gasteiger partial charge in [0.2, 0.25) is 0 Å². The lowest BCUT2D eigenvalue weighted by Gasteiger charge is -2.09. The van der Waals surface area contributed by atoms with E-state index in [0.717, 1.165) is 22.8 Å². The van der Waals surface area contributed by atoms with Crippen LogP contribution in [0, 0.1) is 33.5 Å². The molecule has 1 N–H and O–H groups in total. The SMILES string of the molecule is CCOC(=O)c1c(C)nn(-c2cc(Nc3c(C)nn(-c4ccc(F)cc4)c3C)ncn2)c1C. The Hall–Kier alpha value is -4.08. The lowest BCUT2D eigenvalue weighted by molar-refractivity contribution is 0.0524. The highest BCUT2D eigenvalue weighted by Gasteiger charge is 2.21. The van der Waals surface area contributed by atoms with Gasteiger partial charge in [0.1, 0.15) is 23.5 Å². The first kappa shape index (κ1) is 22.1. The molecule has 33 heavy (non-hydrogen) atoms. The van der Waals surface area contributed by atoms with Crippen molar-refractivity contribution in [3.05, 3.63) is 70.8 Å². The quantitative estimate of drug-likeness (QED) is 0.442. The van der Waals surface area contributed by atoms with E-state index in [-0.39, 0.29) is 12.4 Å². The zero-order valence-electron chi connectivity index (χ0n) is 19.0. The van der Waals surface area contributed by atoms with E-state index in [2.05, 4.69) is 25.5 Å². The molecule has 0 radical (unpaired) electrons. The van der Waals surface area contributed by atoms with Gasteiger partial charge < -0.3 is 10.1 Å². The van der Waals surface area contributed by atoms with Crippen molar-refractivity contribution < 1.29 is 13.9 Å². The van der Waals surface area contributed by atoms with Crippen LogP contribution in [0.4, 0.5) is 15.9 Å². The molecule has 3 heterocycles. The van der Waals surface area contributed by atoms with Gasteiger partial charge in [0.15, 0.2) is 5.82 Å². The summed E-state index contributed by atoms with van der Waals surface area (Å²) in [6.45, 7) is 9.39. The fourth-order valence-corrected chi connectivity index (χ4v) is 3.68. The summed E-state index contributed by atoms with van der Waals surface area (Å²) in [6, 6.07) is 7.88. The van der Waals surface area contributed by atoms with Crippen molar-refractivity contribution in [1.82, 2.24) is 29.5 Å². The summed E-state index contributed by atoms with van der Waals surface area (Å²) in [5.74, 6) is 0.327. The van der Waals surface area contributed by atoms with Crippen LogP contribution in [0.15, 0.2) is 36.7 Å². The molecular formula is C23H24FN7O2. The number of rotatable bonds is 6. The molecule has 0 fully saturated rings. The Balaban J connectivity index is 1.66. The molecule has 0 aliphatic carbocycles. The van der Waals surface area contributed by atoms with Gasteiger partial charge in [-0.3, -0.25) is 0 Å². The van der Waals surface area contributed by atoms with Gasteiger partial charge in [-0.25, -0.2) is 28.5 Å². The van der Waals surface area contributed by atoms with E-state index in [1.807, 2.05) is 13.8 Å². The minimum atomic E-state index is -0.411. The number of esters is 1. The van der Waals surface area contributed by atoms with Gasteiger partial charge in [-0.1, -0.05) is 0 Å². The number of ether oxygens (including phenoxy) is 1. The van der Waals surface area contributed by atoms with E-state index >= 15 is 0 Å². The molecule has 10 heteroatoms. The van der Waals surface area contributed by atoms with Gasteiger partial charge in [0.05, 0.1) is 40.8 Å². The van der Waals surface area contributed by atoms with Gasteiger partial charge in [-0.15, -0.1) is 0 Å². The third-order valence-corrected chi connectivity index (χ3v) is 5.26. The number of carbonyl (C=O) groups is 1. The van der Waals surface area contributed by atoms with Crippen molar-refractivity contribution in [2.75, 3.05) is 11.9 Å². The number of hydrogen-bond donors (Lipinski definition) is 1. The Morgan fingerprint density at radius 1 is 1.00 bits per heavy atom. The first-order valence-electron chi connectivity index (χ1n) is 10.4. The van der Waals surface area contributed by atoms with Crippen LogP contribution in [0.3, 0.4) is 0 Å². The van der Waals surface area contributed by atoms with Crippen molar-refractivity contribution in [1.29, 1.82) is 0 Å². The molecule has 0 amide bonds. The summed E-state index contributed by atoms with van der Waals surface area (Å²) in [6.07, 6.45) is 1.42. The van der Waals surface area contributed by atoms with Crippen LogP contribution < -0.4 is 5.32 Å². The van der Waals surface area contributed by atoms with E-state index < -0.39 is 5.97 Å². The summed E-state index contributed by atoms with van der Waals surface area (Å²) in [5, 5.41) is 12.3. The molecular weight excluding hydrogens is 425 g/mol. The molecule has 0 saturated carbocycles. The first-order valence-corrected chi connectivity index (χ1v) is 10.4. The maximum Gasteiger partial charge on any atom is 0.341 e. The Morgan fingerprint density at radius 3 is 2.39 bits per heavy atom. The van der Waals surface area contributed by atoms with Crippen LogP contribution in [0.5, 0.6) is 0 Å². The van der Waals surface area contributed by atoms with E-state index in [4.69, 9.17) is 4.74 Å². The number of benzene rings is 1. The fraction of sp³-hybridized carbons (Fsp3) is 0.261. The van der Waals surface area contributed by atoms with Gasteiger partial charge in [0.25, 0.3) is 0 Å². The van der Waals surface area contributed by atoms with Crippen LogP contribution in [0.2, 0.25) is 0 Å². The van der Waals surface area contributed by atoms with Crippen molar-refractivity contribution in [3.63, 3.8) is 0 Å². The molecule has 9 nitrogen and oxygen atoms in total. The molecule has 0 aliphatic heterocycles. The normalized spacial score (nSPS) is 11.0. The van der Waals surface area contributed by atoms with E-state index in [0.29, 0.717) is 28.6 Å². The molecule has 0 atom stereocenters. The summed E-state index contributed by atoms with van der Waals surface area (Å²) in [5.41, 5.74) is 4.76. The second-order valence-corrected chi connectivity index (χ2v) is 7.50. The number of aromatic nitrogens is 6. The van der Waals surface area contributed by atoms with Crippen molar-refractivity contribution in [3.8, 4) is 11.5 Å². The van der Waals surface area contributed by atoms with Gasteiger partial charge >= 0.3 is 5.97 Å². The molecule has 170 valence electrons. The standard InChI is InChI=1S/C23H24FN7O2/c1-6-33-23(32)21-13(2)28-31(15(21)4)20-11-19(25-12-26-20)27-22-14(3)29-30(16(22)5)18-9-7-17(24)8-10-18/h7-12H,6H2,1-5H3,(H,25,26,27). The van der Waals surface area contributed by atoms with Crippen LogP contribution in [0.1, 0.15) is 40.1 Å². The number of nitrogens with zero attached hydrogens (tertiary/aromatic N) is 6. The summed E-state index contributed by atoms with van der Waals surface area (Å²) >= 11 is 0. The smallest absolute Gasteiger partial charge is 0.341 e. The maximum absolute atomic E-state index is 13.3. The average molecular weight is 449 g/mol. The molecule has 4 rings (SSSR count). The lowest BCUT2D eigenvalue weighted by Crippen LogP contribution is -2.08. The number of anilines is 2. The second kappa shape index (κ2) is 8.81. The Bertz CT molecular complexity index is 1330. The predicted molar refractivity (Wildman–Crippen MR) is 121 cm³/mol. The summed E-state index contributed by atoms with van der Waals surface area (Å²) in [4.78, 5) is 20.9. The van der Waals surface area contributed by atoms with Crippen LogP contribution in [-0.4, -0.2) is 42.1 Å². The third kappa shape index (κ3) is 4.19. The molecule has 0 bridgehead atoms. The second-order valence-electron chi connectivity index (χ2n) is 7.50. The third-order valence-electron chi connectivity index (χ3n) is 5.26. The first-order chi connectivity index (χ1) is 15.8. The zero-order chi connectivity index (χ0) is 23.7. The highest BCUT2D eigenvalue weighted by Crippen LogP contribution is 2.26. The molecule has 1 aromatic carbocycles. The summed E-state index contributed by atoms with van der Waals surface area (Å²) in [7, 11) is 0. The number of nitrogens with one attached hydrogen (secondary N) is 1. The minimum Gasteiger partial charge on any atom is -0.462 e. The number of aryl methyl sites for hydroxylation is 2. The van der Waals surface area contributed by atoms with E-state index in [9.17, 15) is 9.18 Å². The Morgan fingerprint density at radius 2 is 1.70 bits per heavy atom. The number of hydrogen-bond acceptors (Lipinski definition) is 7.